The number of rotatable bonds is 2. The van der Waals surface area contributed by atoms with Crippen molar-refractivity contribution >= 4 is 5.97 Å². The van der Waals surface area contributed by atoms with Crippen LogP contribution in [0.4, 0.5) is 4.39 Å². The fourth-order valence-electron chi connectivity index (χ4n) is 1.29. The van der Waals surface area contributed by atoms with Crippen molar-refractivity contribution in [2.45, 2.75) is 0 Å². The lowest BCUT2D eigenvalue weighted by molar-refractivity contribution is 0.0682. The van der Waals surface area contributed by atoms with Crippen LogP contribution in [0.2, 0.25) is 0 Å². The molecule has 0 amide bonds. The van der Waals surface area contributed by atoms with Crippen LogP contribution < -0.4 is 0 Å². The largest absolute Gasteiger partial charge is 0.476 e. The second-order valence-electron chi connectivity index (χ2n) is 2.89. The van der Waals surface area contributed by atoms with Crippen LogP contribution in [0.15, 0.2) is 36.5 Å². The second kappa shape index (κ2) is 3.53. The lowest BCUT2D eigenvalue weighted by atomic mass is 10.3. The Morgan fingerprint density at radius 1 is 1.33 bits per heavy atom. The van der Waals surface area contributed by atoms with E-state index in [1.54, 1.807) is 30.3 Å². The number of para-hydroxylation sites is 1. The molecule has 0 aliphatic rings. The van der Waals surface area contributed by atoms with E-state index in [1.165, 1.54) is 0 Å². The second-order valence-corrected chi connectivity index (χ2v) is 2.89. The zero-order valence-electron chi connectivity index (χ0n) is 7.59. The van der Waals surface area contributed by atoms with E-state index in [9.17, 15) is 9.18 Å². The standard InChI is InChI=1S/C10H7FN2O2/c11-8-6-12-13(9(8)10(14)15)7-4-2-1-3-5-7/h1-6H,(H,14,15). The van der Waals surface area contributed by atoms with Crippen molar-refractivity contribution in [1.82, 2.24) is 9.78 Å². The van der Waals surface area contributed by atoms with Gasteiger partial charge in [-0.25, -0.2) is 13.9 Å². The highest BCUT2D eigenvalue weighted by atomic mass is 19.1. The first-order valence-electron chi connectivity index (χ1n) is 4.22. The molecule has 2 rings (SSSR count). The van der Waals surface area contributed by atoms with Gasteiger partial charge in [0.2, 0.25) is 0 Å². The lowest BCUT2D eigenvalue weighted by Crippen LogP contribution is -2.09. The third kappa shape index (κ3) is 1.59. The molecule has 1 aromatic heterocycles. The van der Waals surface area contributed by atoms with Crippen LogP contribution >= 0.6 is 0 Å². The van der Waals surface area contributed by atoms with Gasteiger partial charge in [-0.05, 0) is 12.1 Å². The molecule has 1 heterocycles. The minimum Gasteiger partial charge on any atom is -0.476 e. The molecule has 2 aromatic rings. The van der Waals surface area contributed by atoms with Crippen molar-refractivity contribution in [2.24, 2.45) is 0 Å². The average Bonchev–Trinajstić information content (AvgIpc) is 2.61. The van der Waals surface area contributed by atoms with Crippen LogP contribution in [-0.4, -0.2) is 20.9 Å². The molecule has 4 nitrogen and oxygen atoms in total. The smallest absolute Gasteiger partial charge is 0.357 e. The Morgan fingerprint density at radius 2 is 2.00 bits per heavy atom. The van der Waals surface area contributed by atoms with E-state index in [-0.39, 0.29) is 0 Å². The first-order chi connectivity index (χ1) is 7.20. The number of nitrogens with zero attached hydrogens (tertiary/aromatic N) is 2. The predicted octanol–water partition coefficient (Wildman–Crippen LogP) is 1.71. The molecule has 0 atom stereocenters. The van der Waals surface area contributed by atoms with Gasteiger partial charge in [-0.1, -0.05) is 18.2 Å². The molecule has 0 bridgehead atoms. The molecule has 76 valence electrons. The fraction of sp³-hybridized carbons (Fsp3) is 0. The van der Waals surface area contributed by atoms with Crippen LogP contribution in [0.1, 0.15) is 10.5 Å². The van der Waals surface area contributed by atoms with E-state index in [0.29, 0.717) is 5.69 Å². The molecule has 15 heavy (non-hydrogen) atoms. The normalized spacial score (nSPS) is 10.2. The summed E-state index contributed by atoms with van der Waals surface area (Å²) in [6.07, 6.45) is 0.885. The van der Waals surface area contributed by atoms with Crippen molar-refractivity contribution in [3.8, 4) is 5.69 Å². The third-order valence-electron chi connectivity index (χ3n) is 1.93. The van der Waals surface area contributed by atoms with Gasteiger partial charge in [0, 0.05) is 0 Å². The monoisotopic (exact) mass is 206 g/mol. The number of aromatic nitrogens is 2. The summed E-state index contributed by atoms with van der Waals surface area (Å²) in [4.78, 5) is 10.8. The summed E-state index contributed by atoms with van der Waals surface area (Å²) in [5.74, 6) is -2.18. The molecule has 0 spiro atoms. The highest BCUT2D eigenvalue weighted by Gasteiger charge is 2.18. The first-order valence-corrected chi connectivity index (χ1v) is 4.22. The van der Waals surface area contributed by atoms with Crippen molar-refractivity contribution in [3.63, 3.8) is 0 Å². The number of halogens is 1. The summed E-state index contributed by atoms with van der Waals surface area (Å²) in [5.41, 5.74) is 0.0556. The number of hydrogen-bond acceptors (Lipinski definition) is 2. The number of carboxylic acid groups (broad SMARTS) is 1. The summed E-state index contributed by atoms with van der Waals surface area (Å²) >= 11 is 0. The molecule has 1 N–H and O–H groups in total. The molecule has 0 unspecified atom stereocenters. The number of benzene rings is 1. The predicted molar refractivity (Wildman–Crippen MR) is 50.5 cm³/mol. The maximum atomic E-state index is 13.1. The van der Waals surface area contributed by atoms with E-state index in [4.69, 9.17) is 5.11 Å². The van der Waals surface area contributed by atoms with Gasteiger partial charge in [0.1, 0.15) is 0 Å². The van der Waals surface area contributed by atoms with Crippen LogP contribution in [0.25, 0.3) is 5.69 Å². The van der Waals surface area contributed by atoms with Crippen LogP contribution in [0.5, 0.6) is 0 Å². The minimum atomic E-state index is -1.34. The summed E-state index contributed by atoms with van der Waals surface area (Å²) in [6.45, 7) is 0. The number of carboxylic acids is 1. The summed E-state index contributed by atoms with van der Waals surface area (Å²) in [6, 6.07) is 8.53. The number of carbonyl (C=O) groups is 1. The third-order valence-corrected chi connectivity index (χ3v) is 1.93. The molecule has 0 fully saturated rings. The van der Waals surface area contributed by atoms with Gasteiger partial charge in [-0.2, -0.15) is 5.10 Å². The fourth-order valence-corrected chi connectivity index (χ4v) is 1.29. The van der Waals surface area contributed by atoms with E-state index in [2.05, 4.69) is 5.10 Å². The molecule has 1 aromatic carbocycles. The van der Waals surface area contributed by atoms with Gasteiger partial charge >= 0.3 is 5.97 Å². The van der Waals surface area contributed by atoms with Gasteiger partial charge in [0.15, 0.2) is 11.5 Å². The molecule has 0 radical (unpaired) electrons. The van der Waals surface area contributed by atoms with Crippen LogP contribution in [0, 0.1) is 5.82 Å². The highest BCUT2D eigenvalue weighted by Crippen LogP contribution is 2.13. The van der Waals surface area contributed by atoms with E-state index in [0.717, 1.165) is 10.9 Å². The Balaban J connectivity index is 2.59. The molecule has 0 aliphatic carbocycles. The van der Waals surface area contributed by atoms with Crippen molar-refractivity contribution < 1.29 is 14.3 Å². The molecule has 5 heteroatoms. The van der Waals surface area contributed by atoms with Crippen molar-refractivity contribution in [3.05, 3.63) is 48.0 Å². The number of aromatic carboxylic acids is 1. The van der Waals surface area contributed by atoms with Gasteiger partial charge in [-0.15, -0.1) is 0 Å². The summed E-state index contributed by atoms with van der Waals surface area (Å²) < 4.78 is 14.1. The van der Waals surface area contributed by atoms with E-state index in [1.807, 2.05) is 0 Å². The highest BCUT2D eigenvalue weighted by molar-refractivity contribution is 5.86. The van der Waals surface area contributed by atoms with Gasteiger partial charge in [0.25, 0.3) is 0 Å². The zero-order valence-corrected chi connectivity index (χ0v) is 7.59. The van der Waals surface area contributed by atoms with Gasteiger partial charge in [-0.3, -0.25) is 0 Å². The average molecular weight is 206 g/mol. The Morgan fingerprint density at radius 3 is 2.60 bits per heavy atom. The SMILES string of the molecule is O=C(O)c1c(F)cnn1-c1ccccc1. The number of hydrogen-bond donors (Lipinski definition) is 1. The Labute approximate surface area is 84.6 Å². The quantitative estimate of drug-likeness (QED) is 0.813. The maximum Gasteiger partial charge on any atom is 0.357 e. The van der Waals surface area contributed by atoms with E-state index >= 15 is 0 Å². The maximum absolute atomic E-state index is 13.1. The first kappa shape index (κ1) is 9.39. The molecular formula is C10H7FN2O2. The van der Waals surface area contributed by atoms with Crippen LogP contribution in [0.3, 0.4) is 0 Å². The Kier molecular flexibility index (Phi) is 2.21. The van der Waals surface area contributed by atoms with Crippen molar-refractivity contribution in [1.29, 1.82) is 0 Å². The molecule has 0 saturated carbocycles. The molecular weight excluding hydrogens is 199 g/mol. The van der Waals surface area contributed by atoms with Crippen LogP contribution in [-0.2, 0) is 0 Å². The Bertz CT molecular complexity index is 493. The summed E-state index contributed by atoms with van der Waals surface area (Å²) in [7, 11) is 0. The minimum absolute atomic E-state index is 0.457. The van der Waals surface area contributed by atoms with Crippen molar-refractivity contribution in [2.75, 3.05) is 0 Å². The molecule has 0 saturated heterocycles. The Hall–Kier alpha value is -2.17. The lowest BCUT2D eigenvalue weighted by Gasteiger charge is -2.02. The zero-order chi connectivity index (χ0) is 10.8. The molecule has 0 aliphatic heterocycles. The van der Waals surface area contributed by atoms with E-state index < -0.39 is 17.5 Å². The van der Waals surface area contributed by atoms with Gasteiger partial charge < -0.3 is 5.11 Å². The summed E-state index contributed by atoms with van der Waals surface area (Å²) in [5, 5.41) is 12.5. The van der Waals surface area contributed by atoms with Gasteiger partial charge in [0.05, 0.1) is 11.9 Å². The topological polar surface area (TPSA) is 55.1 Å².